The Morgan fingerprint density at radius 2 is 1.27 bits per heavy atom. The highest BCUT2D eigenvalue weighted by Crippen LogP contribution is 2.45. The Morgan fingerprint density at radius 3 is 1.92 bits per heavy atom. The number of hydrogen-bond donors (Lipinski definition) is 0. The van der Waals surface area contributed by atoms with Gasteiger partial charge in [0.1, 0.15) is 11.5 Å². The summed E-state index contributed by atoms with van der Waals surface area (Å²) in [6.45, 7) is 7.63. The molecule has 0 fully saturated rings. The highest BCUT2D eigenvalue weighted by molar-refractivity contribution is 8.00. The minimum atomic E-state index is -2.75. The molecule has 0 unspecified atom stereocenters. The smallest absolute Gasteiger partial charge is 0.253 e. The largest absolute Gasteiger partial charge is 0.460 e. The van der Waals surface area contributed by atoms with E-state index in [0.717, 1.165) is 49.0 Å². The zero-order valence-electron chi connectivity index (χ0n) is 27.2. The summed E-state index contributed by atoms with van der Waals surface area (Å²) in [5.74, 6) is 1.49. The first-order valence-corrected chi connectivity index (χ1v) is 19.7. The number of para-hydroxylation sites is 2. The standard InChI is InChI=1S/C44H26BN3OSSi/c1-47-30-21-23-34-38(25-30)49-39-26-31(27-41-44(39)45(34)35-22-20-29(28-46)24-40(35)50-41)48-36-16-8-10-18-42(36)51(32-12-4-2-5-13-32,33-14-6-3-7-15-33)43-19-11-9-17-37(43)48/h2-27H. The molecule has 236 valence electrons. The van der Waals surface area contributed by atoms with Crippen molar-refractivity contribution < 1.29 is 4.74 Å². The van der Waals surface area contributed by atoms with Gasteiger partial charge < -0.3 is 9.64 Å². The molecule has 4 nitrogen and oxygen atoms in total. The monoisotopic (exact) mass is 683 g/mol. The van der Waals surface area contributed by atoms with Crippen LogP contribution >= 0.6 is 11.8 Å². The van der Waals surface area contributed by atoms with Gasteiger partial charge in [-0.3, -0.25) is 0 Å². The van der Waals surface area contributed by atoms with E-state index in [0.29, 0.717) is 17.0 Å². The second-order valence-electron chi connectivity index (χ2n) is 13.0. The van der Waals surface area contributed by atoms with Gasteiger partial charge in [0.15, 0.2) is 13.8 Å². The van der Waals surface area contributed by atoms with Gasteiger partial charge in [0.25, 0.3) is 6.71 Å². The fourth-order valence-corrected chi connectivity index (χ4v) is 14.8. The number of nitriles is 1. The first-order chi connectivity index (χ1) is 25.2. The summed E-state index contributed by atoms with van der Waals surface area (Å²) in [5, 5.41) is 15.2. The number of rotatable bonds is 3. The maximum Gasteiger partial charge on any atom is 0.253 e. The Hall–Kier alpha value is -6.25. The number of anilines is 3. The molecule has 0 saturated heterocycles. The average molecular weight is 684 g/mol. The van der Waals surface area contributed by atoms with Gasteiger partial charge in [-0.2, -0.15) is 5.26 Å². The first kappa shape index (κ1) is 29.6. The third-order valence-electron chi connectivity index (χ3n) is 10.5. The lowest BCUT2D eigenvalue weighted by molar-refractivity contribution is 0.487. The molecule has 7 aromatic rings. The second kappa shape index (κ2) is 11.4. The number of hydrogen-bond acceptors (Lipinski definition) is 4. The van der Waals surface area contributed by atoms with Gasteiger partial charge in [0, 0.05) is 27.2 Å². The quantitative estimate of drug-likeness (QED) is 0.161. The predicted octanol–water partition coefficient (Wildman–Crippen LogP) is 6.36. The highest BCUT2D eigenvalue weighted by Gasteiger charge is 2.49. The van der Waals surface area contributed by atoms with E-state index in [-0.39, 0.29) is 6.71 Å². The van der Waals surface area contributed by atoms with E-state index in [1.165, 1.54) is 20.7 Å². The molecule has 0 saturated carbocycles. The molecule has 7 aromatic carbocycles. The lowest BCUT2D eigenvalue weighted by atomic mass is 9.35. The van der Waals surface area contributed by atoms with Crippen molar-refractivity contribution in [3.05, 3.63) is 175 Å². The molecular formula is C44H26BN3OSSi. The maximum absolute atomic E-state index is 9.82. The number of ether oxygens (including phenoxy) is 1. The maximum atomic E-state index is 9.82. The normalized spacial score (nSPS) is 14.0. The Morgan fingerprint density at radius 1 is 0.647 bits per heavy atom. The minimum Gasteiger partial charge on any atom is -0.460 e. The van der Waals surface area contributed by atoms with Crippen molar-refractivity contribution in [3.8, 4) is 17.6 Å². The summed E-state index contributed by atoms with van der Waals surface area (Å²) in [6.07, 6.45) is 0. The van der Waals surface area contributed by atoms with Crippen LogP contribution in [0.1, 0.15) is 5.56 Å². The fraction of sp³-hybridized carbons (Fsp3) is 0. The first-order valence-electron chi connectivity index (χ1n) is 16.9. The Labute approximate surface area is 302 Å². The van der Waals surface area contributed by atoms with Crippen LogP contribution in [0, 0.1) is 17.9 Å². The molecule has 7 heteroatoms. The van der Waals surface area contributed by atoms with Crippen LogP contribution in [0.5, 0.6) is 11.5 Å². The van der Waals surface area contributed by atoms with E-state index in [1.54, 1.807) is 11.8 Å². The minimum absolute atomic E-state index is 0.0753. The molecule has 3 aliphatic heterocycles. The van der Waals surface area contributed by atoms with Crippen molar-refractivity contribution in [2.45, 2.75) is 9.79 Å². The molecule has 0 radical (unpaired) electrons. The summed E-state index contributed by atoms with van der Waals surface area (Å²) in [4.78, 5) is 8.29. The van der Waals surface area contributed by atoms with Crippen LogP contribution in [-0.4, -0.2) is 14.8 Å². The molecule has 51 heavy (non-hydrogen) atoms. The van der Waals surface area contributed by atoms with E-state index in [1.807, 2.05) is 30.3 Å². The fourth-order valence-electron chi connectivity index (χ4n) is 8.42. The molecule has 0 atom stereocenters. The summed E-state index contributed by atoms with van der Waals surface area (Å²) in [5.41, 5.74) is 7.79. The van der Waals surface area contributed by atoms with E-state index < -0.39 is 8.07 Å². The molecule has 0 bridgehead atoms. The van der Waals surface area contributed by atoms with Gasteiger partial charge in [-0.05, 0) is 68.1 Å². The summed E-state index contributed by atoms with van der Waals surface area (Å²) < 4.78 is 6.79. The Kier molecular flexibility index (Phi) is 6.63. The van der Waals surface area contributed by atoms with Gasteiger partial charge in [0.05, 0.1) is 23.9 Å². The van der Waals surface area contributed by atoms with Crippen LogP contribution in [0.25, 0.3) is 4.85 Å². The van der Waals surface area contributed by atoms with Gasteiger partial charge in [-0.1, -0.05) is 132 Å². The van der Waals surface area contributed by atoms with Crippen LogP contribution in [0.4, 0.5) is 22.7 Å². The molecule has 3 heterocycles. The van der Waals surface area contributed by atoms with Crippen molar-refractivity contribution in [2.75, 3.05) is 4.90 Å². The second-order valence-corrected chi connectivity index (χ2v) is 17.9. The van der Waals surface area contributed by atoms with Gasteiger partial charge in [-0.15, -0.1) is 0 Å². The van der Waals surface area contributed by atoms with Crippen LogP contribution in [0.2, 0.25) is 0 Å². The van der Waals surface area contributed by atoms with Crippen LogP contribution in [0.3, 0.4) is 0 Å². The number of fused-ring (bicyclic) bond motifs is 6. The molecular weight excluding hydrogens is 657 g/mol. The Bertz CT molecular complexity index is 2470. The third-order valence-corrected chi connectivity index (χ3v) is 16.5. The highest BCUT2D eigenvalue weighted by atomic mass is 32.2. The van der Waals surface area contributed by atoms with E-state index in [2.05, 4.69) is 143 Å². The molecule has 0 aliphatic carbocycles. The van der Waals surface area contributed by atoms with Gasteiger partial charge >= 0.3 is 0 Å². The molecule has 3 aliphatic rings. The third kappa shape index (κ3) is 4.26. The van der Waals surface area contributed by atoms with Crippen molar-refractivity contribution in [1.82, 2.24) is 0 Å². The van der Waals surface area contributed by atoms with Crippen molar-refractivity contribution in [1.29, 1.82) is 5.26 Å². The molecule has 0 N–H and O–H groups in total. The van der Waals surface area contributed by atoms with Crippen molar-refractivity contribution in [3.63, 3.8) is 0 Å². The number of nitrogens with zero attached hydrogens (tertiary/aromatic N) is 3. The van der Waals surface area contributed by atoms with E-state index in [9.17, 15) is 5.26 Å². The zero-order valence-corrected chi connectivity index (χ0v) is 29.1. The predicted molar refractivity (Wildman–Crippen MR) is 211 cm³/mol. The molecule has 0 aromatic heterocycles. The summed E-state index contributed by atoms with van der Waals surface area (Å²) in [7, 11) is -2.75. The average Bonchev–Trinajstić information content (AvgIpc) is 3.19. The zero-order chi connectivity index (χ0) is 34.1. The lowest BCUT2D eigenvalue weighted by Gasteiger charge is -2.45. The molecule has 0 spiro atoms. The molecule has 0 amide bonds. The summed E-state index contributed by atoms with van der Waals surface area (Å²) in [6, 6.07) is 58.4. The van der Waals surface area contributed by atoms with Gasteiger partial charge in [-0.25, -0.2) is 4.85 Å². The Balaban J connectivity index is 1.24. The van der Waals surface area contributed by atoms with E-state index in [4.69, 9.17) is 11.3 Å². The van der Waals surface area contributed by atoms with Crippen LogP contribution < -0.4 is 46.8 Å². The van der Waals surface area contributed by atoms with Crippen molar-refractivity contribution >= 4 is 86.4 Å². The van der Waals surface area contributed by atoms with Gasteiger partial charge in [0.2, 0.25) is 0 Å². The summed E-state index contributed by atoms with van der Waals surface area (Å²) >= 11 is 1.70. The van der Waals surface area contributed by atoms with Crippen molar-refractivity contribution in [2.24, 2.45) is 0 Å². The lowest BCUT2D eigenvalue weighted by Crippen LogP contribution is -2.77. The SMILES string of the molecule is [C-]#[N+]c1ccc2c(c1)Oc1cc(N3c4ccccc4[Si](c4ccccc4)(c4ccccc4)c4ccccc43)cc3c1B2c1ccc(C#N)cc1S3. The van der Waals surface area contributed by atoms with E-state index >= 15 is 0 Å². The van der Waals surface area contributed by atoms with Crippen LogP contribution in [0.15, 0.2) is 168 Å². The molecule has 10 rings (SSSR count). The number of benzene rings is 7. The topological polar surface area (TPSA) is 40.6 Å². The van der Waals surface area contributed by atoms with Crippen LogP contribution in [-0.2, 0) is 0 Å².